The third-order valence-corrected chi connectivity index (χ3v) is 6.06. The molecule has 2 amide bonds. The Morgan fingerprint density at radius 2 is 1.83 bits per heavy atom. The van der Waals surface area contributed by atoms with Crippen LogP contribution in [0.3, 0.4) is 0 Å². The molecule has 0 unspecified atom stereocenters. The van der Waals surface area contributed by atoms with Crippen LogP contribution in [0, 0.1) is 0 Å². The Bertz CT molecular complexity index is 878. The topological polar surface area (TPSA) is 57.1 Å². The van der Waals surface area contributed by atoms with Gasteiger partial charge in [-0.2, -0.15) is 0 Å². The number of nitrogens with one attached hydrogen (secondary N) is 2. The molecule has 2 heterocycles. The molecule has 0 spiro atoms. The van der Waals surface area contributed by atoms with E-state index in [0.29, 0.717) is 6.42 Å². The number of anilines is 2. The quantitative estimate of drug-likeness (QED) is 0.764. The third kappa shape index (κ3) is 4.82. The van der Waals surface area contributed by atoms with Gasteiger partial charge in [-0.3, -0.25) is 9.59 Å². The van der Waals surface area contributed by atoms with Crippen LogP contribution in [-0.2, 0) is 16.1 Å². The zero-order chi connectivity index (χ0) is 20.9. The van der Waals surface area contributed by atoms with Gasteiger partial charge in [-0.05, 0) is 31.5 Å². The van der Waals surface area contributed by atoms with Crippen LogP contribution in [0.15, 0.2) is 54.6 Å². The van der Waals surface area contributed by atoms with Gasteiger partial charge in [0.1, 0.15) is 12.6 Å². The molecule has 2 aromatic rings. The number of carbonyl (C=O) groups excluding carboxylic acids is 2. The molecule has 2 saturated heterocycles. The highest BCUT2D eigenvalue weighted by Gasteiger charge is 2.27. The minimum Gasteiger partial charge on any atom is -0.374 e. The van der Waals surface area contributed by atoms with E-state index >= 15 is 0 Å². The van der Waals surface area contributed by atoms with Crippen molar-refractivity contribution in [2.24, 2.45) is 0 Å². The number of quaternary nitrogens is 1. The van der Waals surface area contributed by atoms with E-state index in [9.17, 15) is 9.59 Å². The van der Waals surface area contributed by atoms with Crippen molar-refractivity contribution in [3.8, 4) is 0 Å². The number of amides is 2. The fraction of sp³-hybridized carbons (Fsp3) is 0.417. The second kappa shape index (κ2) is 9.30. The highest BCUT2D eigenvalue weighted by Crippen LogP contribution is 2.24. The van der Waals surface area contributed by atoms with Crippen LogP contribution in [-0.4, -0.2) is 55.5 Å². The van der Waals surface area contributed by atoms with E-state index in [1.807, 2.05) is 47.1 Å². The van der Waals surface area contributed by atoms with Crippen molar-refractivity contribution in [3.63, 3.8) is 0 Å². The summed E-state index contributed by atoms with van der Waals surface area (Å²) in [6, 6.07) is 18.0. The zero-order valence-corrected chi connectivity index (χ0v) is 17.6. The molecule has 0 bridgehead atoms. The second-order valence-electron chi connectivity index (χ2n) is 8.30. The molecule has 30 heavy (non-hydrogen) atoms. The molecule has 0 aliphatic carbocycles. The van der Waals surface area contributed by atoms with Crippen molar-refractivity contribution in [2.45, 2.75) is 32.4 Å². The normalized spacial score (nSPS) is 18.5. The van der Waals surface area contributed by atoms with Crippen LogP contribution < -0.4 is 15.1 Å². The summed E-state index contributed by atoms with van der Waals surface area (Å²) >= 11 is 0. The van der Waals surface area contributed by atoms with E-state index < -0.39 is 0 Å². The lowest BCUT2D eigenvalue weighted by molar-refractivity contribution is -0.917. The van der Waals surface area contributed by atoms with Crippen molar-refractivity contribution in [1.29, 1.82) is 0 Å². The predicted molar refractivity (Wildman–Crippen MR) is 119 cm³/mol. The van der Waals surface area contributed by atoms with E-state index in [0.717, 1.165) is 57.1 Å². The van der Waals surface area contributed by atoms with Gasteiger partial charge in [0.05, 0.1) is 26.2 Å². The smallest absolute Gasteiger partial charge is 0.245 e. The fourth-order valence-corrected chi connectivity index (χ4v) is 4.37. The van der Waals surface area contributed by atoms with Crippen molar-refractivity contribution in [2.75, 3.05) is 42.9 Å². The number of piperazine rings is 1. The highest BCUT2D eigenvalue weighted by molar-refractivity contribution is 5.95. The van der Waals surface area contributed by atoms with E-state index in [1.54, 1.807) is 0 Å². The molecular formula is C24H31N4O2+. The van der Waals surface area contributed by atoms with E-state index in [1.165, 1.54) is 10.5 Å². The number of hydrogen-bond acceptors (Lipinski definition) is 3. The van der Waals surface area contributed by atoms with Gasteiger partial charge in [-0.25, -0.2) is 0 Å². The summed E-state index contributed by atoms with van der Waals surface area (Å²) in [6.07, 6.45) is 1.52. The van der Waals surface area contributed by atoms with Gasteiger partial charge >= 0.3 is 0 Å². The molecule has 0 radical (unpaired) electrons. The molecule has 2 N–H and O–H groups in total. The van der Waals surface area contributed by atoms with Gasteiger partial charge in [0.15, 0.2) is 0 Å². The average molecular weight is 408 g/mol. The lowest BCUT2D eigenvalue weighted by Crippen LogP contribution is -3.13. The molecule has 4 rings (SSSR count). The Hall–Kier alpha value is -2.86. The minimum atomic E-state index is -0.301. The van der Waals surface area contributed by atoms with Crippen molar-refractivity contribution < 1.29 is 14.5 Å². The largest absolute Gasteiger partial charge is 0.374 e. The minimum absolute atomic E-state index is 0.136. The van der Waals surface area contributed by atoms with Gasteiger partial charge in [-0.1, -0.05) is 36.4 Å². The Morgan fingerprint density at radius 1 is 1.07 bits per heavy atom. The van der Waals surface area contributed by atoms with Crippen molar-refractivity contribution in [3.05, 3.63) is 60.2 Å². The van der Waals surface area contributed by atoms with Crippen molar-refractivity contribution >= 4 is 23.2 Å². The predicted octanol–water partition coefficient (Wildman–Crippen LogP) is 1.54. The summed E-state index contributed by atoms with van der Waals surface area (Å²) in [5.74, 6) is 0.309. The first-order valence-corrected chi connectivity index (χ1v) is 10.9. The van der Waals surface area contributed by atoms with Crippen LogP contribution in [0.4, 0.5) is 11.4 Å². The Labute approximate surface area is 178 Å². The lowest BCUT2D eigenvalue weighted by Gasteiger charge is -2.34. The summed E-state index contributed by atoms with van der Waals surface area (Å²) in [5.41, 5.74) is 3.13. The molecule has 0 saturated carbocycles. The molecule has 6 nitrogen and oxygen atoms in total. The van der Waals surface area contributed by atoms with Gasteiger partial charge < -0.3 is 20.0 Å². The number of hydrogen-bond donors (Lipinski definition) is 2. The maximum Gasteiger partial charge on any atom is 0.245 e. The number of benzene rings is 2. The van der Waals surface area contributed by atoms with E-state index in [4.69, 9.17) is 0 Å². The fourth-order valence-electron chi connectivity index (χ4n) is 4.37. The maximum atomic E-state index is 13.0. The summed E-state index contributed by atoms with van der Waals surface area (Å²) in [7, 11) is 0. The van der Waals surface area contributed by atoms with Gasteiger partial charge in [0.2, 0.25) is 11.8 Å². The molecule has 2 aliphatic rings. The van der Waals surface area contributed by atoms with Crippen molar-refractivity contribution in [1.82, 2.24) is 4.90 Å². The first-order valence-electron chi connectivity index (χ1n) is 10.9. The average Bonchev–Trinajstić information content (AvgIpc) is 3.20. The Balaban J connectivity index is 1.30. The van der Waals surface area contributed by atoms with Crippen LogP contribution in [0.5, 0.6) is 0 Å². The number of nitrogens with zero attached hydrogens (tertiary/aromatic N) is 2. The molecule has 1 atom stereocenters. The maximum absolute atomic E-state index is 13.0. The van der Waals surface area contributed by atoms with Crippen LogP contribution >= 0.6 is 0 Å². The number of carbonyl (C=O) groups is 2. The standard InChI is InChI=1S/C24H30N4O2/c1-19(25-21-9-5-10-22(17-21)28-12-6-11-23(28)29)24(30)27-15-13-26(14-16-27)18-20-7-3-2-4-8-20/h2-5,7-10,17,19,25H,6,11-16,18H2,1H3/p+1/t19-/m1/s1. The number of rotatable bonds is 6. The second-order valence-corrected chi connectivity index (χ2v) is 8.30. The van der Waals surface area contributed by atoms with E-state index in [2.05, 4.69) is 29.6 Å². The lowest BCUT2D eigenvalue weighted by atomic mass is 10.2. The van der Waals surface area contributed by atoms with Gasteiger partial charge in [0, 0.05) is 29.9 Å². The molecule has 2 aliphatic heterocycles. The first-order chi connectivity index (χ1) is 14.6. The molecule has 0 aromatic heterocycles. The molecule has 2 aromatic carbocycles. The molecule has 158 valence electrons. The first kappa shape index (κ1) is 20.4. The summed E-state index contributed by atoms with van der Waals surface area (Å²) in [4.78, 5) is 30.3. The summed E-state index contributed by atoms with van der Waals surface area (Å²) in [6.45, 7) is 7.22. The summed E-state index contributed by atoms with van der Waals surface area (Å²) in [5, 5.41) is 3.33. The molecule has 6 heteroatoms. The van der Waals surface area contributed by atoms with Gasteiger partial charge in [-0.15, -0.1) is 0 Å². The SMILES string of the molecule is C[C@@H](Nc1cccc(N2CCCC2=O)c1)C(=O)N1CC[NH+](Cc2ccccc2)CC1. The molecular weight excluding hydrogens is 376 g/mol. The van der Waals surface area contributed by atoms with Gasteiger partial charge in [0.25, 0.3) is 0 Å². The van der Waals surface area contributed by atoms with Crippen LogP contribution in [0.25, 0.3) is 0 Å². The summed E-state index contributed by atoms with van der Waals surface area (Å²) < 4.78 is 0. The van der Waals surface area contributed by atoms with Crippen LogP contribution in [0.2, 0.25) is 0 Å². The molecule has 2 fully saturated rings. The zero-order valence-electron chi connectivity index (χ0n) is 17.6. The van der Waals surface area contributed by atoms with Crippen LogP contribution in [0.1, 0.15) is 25.3 Å². The highest BCUT2D eigenvalue weighted by atomic mass is 16.2. The van der Waals surface area contributed by atoms with E-state index in [-0.39, 0.29) is 17.9 Å². The Morgan fingerprint density at radius 3 is 2.53 bits per heavy atom. The Kier molecular flexibility index (Phi) is 6.33. The monoisotopic (exact) mass is 407 g/mol. The third-order valence-electron chi connectivity index (χ3n) is 6.06.